The first-order valence-electron chi connectivity index (χ1n) is 10.0. The van der Waals surface area contributed by atoms with Crippen LogP contribution in [0.25, 0.3) is 0 Å². The van der Waals surface area contributed by atoms with Crippen LogP contribution >= 0.6 is 0 Å². The standard InChI is InChI=1S/C23H27FN2O3/c1-3-4-15-25-23(28)20-13-14-21(27)26(18-9-11-19(29-2)12-10-18)22(20)16-5-7-17(24)8-6-16/h5-12,20,22H,3-4,13-15H2,1-2H3,(H,25,28)/t20-,22+/m1/s1. The quantitative estimate of drug-likeness (QED) is 0.710. The summed E-state index contributed by atoms with van der Waals surface area (Å²) in [5.41, 5.74) is 1.43. The zero-order chi connectivity index (χ0) is 20.8. The number of carbonyl (C=O) groups excluding carboxylic acids is 2. The molecule has 0 radical (unpaired) electrons. The number of benzene rings is 2. The van der Waals surface area contributed by atoms with Crippen LogP contribution in [0.1, 0.15) is 44.2 Å². The lowest BCUT2D eigenvalue weighted by Crippen LogP contribution is -2.48. The van der Waals surface area contributed by atoms with E-state index >= 15 is 0 Å². The van der Waals surface area contributed by atoms with Crippen LogP contribution in [-0.4, -0.2) is 25.5 Å². The predicted octanol–water partition coefficient (Wildman–Crippen LogP) is 4.23. The van der Waals surface area contributed by atoms with Crippen molar-refractivity contribution in [2.75, 3.05) is 18.6 Å². The number of nitrogens with one attached hydrogen (secondary N) is 1. The Balaban J connectivity index is 1.98. The highest BCUT2D eigenvalue weighted by molar-refractivity contribution is 5.97. The number of rotatable bonds is 7. The lowest BCUT2D eigenvalue weighted by Gasteiger charge is -2.41. The first-order chi connectivity index (χ1) is 14.0. The number of nitrogens with zero attached hydrogens (tertiary/aromatic N) is 1. The molecule has 1 saturated heterocycles. The molecular weight excluding hydrogens is 371 g/mol. The second-order valence-corrected chi connectivity index (χ2v) is 7.25. The predicted molar refractivity (Wildman–Crippen MR) is 110 cm³/mol. The van der Waals surface area contributed by atoms with Gasteiger partial charge in [-0.1, -0.05) is 25.5 Å². The SMILES string of the molecule is CCCCNC(=O)[C@@H]1CCC(=O)N(c2ccc(OC)cc2)[C@H]1c1ccc(F)cc1. The molecule has 5 nitrogen and oxygen atoms in total. The highest BCUT2D eigenvalue weighted by Crippen LogP contribution is 2.40. The molecule has 1 aliphatic rings. The van der Waals surface area contributed by atoms with E-state index in [1.807, 2.05) is 12.1 Å². The number of methoxy groups -OCH3 is 1. The molecule has 29 heavy (non-hydrogen) atoms. The van der Waals surface area contributed by atoms with E-state index in [1.54, 1.807) is 36.3 Å². The Hall–Kier alpha value is -2.89. The zero-order valence-electron chi connectivity index (χ0n) is 16.9. The fraction of sp³-hybridized carbons (Fsp3) is 0.391. The Kier molecular flexibility index (Phi) is 6.86. The van der Waals surface area contributed by atoms with Gasteiger partial charge in [-0.3, -0.25) is 9.59 Å². The summed E-state index contributed by atoms with van der Waals surface area (Å²) in [5, 5.41) is 3.00. The minimum absolute atomic E-state index is 0.0536. The number of piperidine rings is 1. The summed E-state index contributed by atoms with van der Waals surface area (Å²) in [6.07, 6.45) is 2.64. The van der Waals surface area contributed by atoms with Crippen molar-refractivity contribution in [2.24, 2.45) is 5.92 Å². The maximum Gasteiger partial charge on any atom is 0.227 e. The third-order valence-electron chi connectivity index (χ3n) is 5.33. The summed E-state index contributed by atoms with van der Waals surface area (Å²) in [6, 6.07) is 12.7. The molecule has 1 heterocycles. The smallest absolute Gasteiger partial charge is 0.227 e. The van der Waals surface area contributed by atoms with Crippen LogP contribution in [0.2, 0.25) is 0 Å². The van der Waals surface area contributed by atoms with Gasteiger partial charge >= 0.3 is 0 Å². The summed E-state index contributed by atoms with van der Waals surface area (Å²) in [4.78, 5) is 27.5. The largest absolute Gasteiger partial charge is 0.497 e. The summed E-state index contributed by atoms with van der Waals surface area (Å²) in [5.74, 6) is -0.195. The van der Waals surface area contributed by atoms with Gasteiger partial charge in [0.1, 0.15) is 11.6 Å². The van der Waals surface area contributed by atoms with Gasteiger partial charge in [0.2, 0.25) is 11.8 Å². The Morgan fingerprint density at radius 2 is 1.86 bits per heavy atom. The van der Waals surface area contributed by atoms with Crippen molar-refractivity contribution >= 4 is 17.5 Å². The van der Waals surface area contributed by atoms with Crippen molar-refractivity contribution in [1.29, 1.82) is 0 Å². The number of amides is 2. The Morgan fingerprint density at radius 1 is 1.17 bits per heavy atom. The van der Waals surface area contributed by atoms with Crippen molar-refractivity contribution in [2.45, 2.75) is 38.6 Å². The van der Waals surface area contributed by atoms with Crippen molar-refractivity contribution in [3.8, 4) is 5.75 Å². The van der Waals surface area contributed by atoms with Crippen molar-refractivity contribution < 1.29 is 18.7 Å². The maximum absolute atomic E-state index is 13.5. The Bertz CT molecular complexity index is 836. The van der Waals surface area contributed by atoms with Gasteiger partial charge in [-0.15, -0.1) is 0 Å². The van der Waals surface area contributed by atoms with Crippen molar-refractivity contribution in [1.82, 2.24) is 5.32 Å². The van der Waals surface area contributed by atoms with E-state index in [-0.39, 0.29) is 24.1 Å². The fourth-order valence-electron chi connectivity index (χ4n) is 3.78. The summed E-state index contributed by atoms with van der Waals surface area (Å²) in [6.45, 7) is 2.68. The summed E-state index contributed by atoms with van der Waals surface area (Å²) >= 11 is 0. The molecule has 3 rings (SSSR count). The first kappa shape index (κ1) is 20.8. The maximum atomic E-state index is 13.5. The highest BCUT2D eigenvalue weighted by atomic mass is 19.1. The minimum atomic E-state index is -0.494. The normalized spacial score (nSPS) is 19.1. The second kappa shape index (κ2) is 9.54. The molecule has 2 atom stereocenters. The van der Waals surface area contributed by atoms with Crippen LogP contribution in [0, 0.1) is 11.7 Å². The molecule has 0 unspecified atom stereocenters. The number of anilines is 1. The molecule has 0 spiro atoms. The van der Waals surface area contributed by atoms with E-state index < -0.39 is 12.0 Å². The van der Waals surface area contributed by atoms with Crippen molar-refractivity contribution in [3.05, 3.63) is 59.9 Å². The molecule has 0 aliphatic carbocycles. The van der Waals surface area contributed by atoms with Crippen molar-refractivity contribution in [3.63, 3.8) is 0 Å². The summed E-state index contributed by atoms with van der Waals surface area (Å²) < 4.78 is 18.7. The fourth-order valence-corrected chi connectivity index (χ4v) is 3.78. The average molecular weight is 398 g/mol. The Labute approximate surface area is 170 Å². The molecule has 0 aromatic heterocycles. The third kappa shape index (κ3) is 4.75. The average Bonchev–Trinajstić information content (AvgIpc) is 2.74. The van der Waals surface area contributed by atoms with Gasteiger partial charge in [-0.2, -0.15) is 0 Å². The van der Waals surface area contributed by atoms with E-state index in [0.717, 1.165) is 18.4 Å². The third-order valence-corrected chi connectivity index (χ3v) is 5.33. The van der Waals surface area contributed by atoms with Gasteiger partial charge in [0, 0.05) is 18.7 Å². The Morgan fingerprint density at radius 3 is 2.48 bits per heavy atom. The second-order valence-electron chi connectivity index (χ2n) is 7.25. The van der Waals surface area contributed by atoms with E-state index in [2.05, 4.69) is 12.2 Å². The molecule has 1 N–H and O–H groups in total. The molecule has 0 saturated carbocycles. The van der Waals surface area contributed by atoms with E-state index in [9.17, 15) is 14.0 Å². The lowest BCUT2D eigenvalue weighted by atomic mass is 9.83. The molecule has 2 aromatic carbocycles. The van der Waals surface area contributed by atoms with Crippen LogP contribution in [0.4, 0.5) is 10.1 Å². The van der Waals surface area contributed by atoms with E-state index in [0.29, 0.717) is 24.4 Å². The molecule has 2 amide bonds. The van der Waals surface area contributed by atoms with Crippen LogP contribution < -0.4 is 15.0 Å². The molecule has 6 heteroatoms. The van der Waals surface area contributed by atoms with Gasteiger partial charge in [-0.05, 0) is 54.8 Å². The molecule has 1 fully saturated rings. The zero-order valence-corrected chi connectivity index (χ0v) is 16.9. The topological polar surface area (TPSA) is 58.6 Å². The number of hydrogen-bond donors (Lipinski definition) is 1. The number of unbranched alkanes of at least 4 members (excludes halogenated alkanes) is 1. The highest BCUT2D eigenvalue weighted by Gasteiger charge is 2.41. The van der Waals surface area contributed by atoms with Crippen LogP contribution in [0.15, 0.2) is 48.5 Å². The minimum Gasteiger partial charge on any atom is -0.497 e. The van der Waals surface area contributed by atoms with Gasteiger partial charge in [0.05, 0.1) is 19.1 Å². The van der Waals surface area contributed by atoms with E-state index in [4.69, 9.17) is 4.74 Å². The number of carbonyl (C=O) groups is 2. The number of halogens is 1. The molecule has 0 bridgehead atoms. The van der Waals surface area contributed by atoms with Crippen LogP contribution in [-0.2, 0) is 9.59 Å². The van der Waals surface area contributed by atoms with Gasteiger partial charge in [-0.25, -0.2) is 4.39 Å². The number of ether oxygens (including phenoxy) is 1. The van der Waals surface area contributed by atoms with Gasteiger partial charge in [0.25, 0.3) is 0 Å². The monoisotopic (exact) mass is 398 g/mol. The molecular formula is C23H27FN2O3. The molecule has 2 aromatic rings. The van der Waals surface area contributed by atoms with Crippen LogP contribution in [0.5, 0.6) is 5.75 Å². The molecule has 154 valence electrons. The number of hydrogen-bond acceptors (Lipinski definition) is 3. The lowest BCUT2D eigenvalue weighted by molar-refractivity contribution is -0.129. The van der Waals surface area contributed by atoms with Crippen LogP contribution in [0.3, 0.4) is 0 Å². The van der Waals surface area contributed by atoms with E-state index in [1.165, 1.54) is 12.1 Å². The first-order valence-corrected chi connectivity index (χ1v) is 10.0. The summed E-state index contributed by atoms with van der Waals surface area (Å²) in [7, 11) is 1.58. The molecule has 1 aliphatic heterocycles. The van der Waals surface area contributed by atoms with Gasteiger partial charge < -0.3 is 15.0 Å². The van der Waals surface area contributed by atoms with Gasteiger partial charge in [0.15, 0.2) is 0 Å².